The number of nitrogens with two attached hydrogens (primary N) is 1. The monoisotopic (exact) mass is 314 g/mol. The second kappa shape index (κ2) is 6.83. The highest BCUT2D eigenvalue weighted by atomic mass is 32.2. The van der Waals surface area contributed by atoms with Crippen molar-refractivity contribution >= 4 is 27.5 Å². The van der Waals surface area contributed by atoms with Crippen molar-refractivity contribution in [2.24, 2.45) is 0 Å². The predicted octanol–water partition coefficient (Wildman–Crippen LogP) is 2.36. The van der Waals surface area contributed by atoms with E-state index in [1.165, 1.54) is 0 Å². The Bertz CT molecular complexity index is 546. The first-order chi connectivity index (χ1) is 9.50. The van der Waals surface area contributed by atoms with E-state index in [0.29, 0.717) is 10.9 Å². The zero-order valence-corrected chi connectivity index (χ0v) is 13.3. The molecular formula is C14H22N2O2S2. The van der Waals surface area contributed by atoms with Crippen molar-refractivity contribution in [1.29, 1.82) is 0 Å². The summed E-state index contributed by atoms with van der Waals surface area (Å²) in [4.78, 5) is 0. The molecular weight excluding hydrogens is 292 g/mol. The molecule has 2 atom stereocenters. The van der Waals surface area contributed by atoms with E-state index < -0.39 is 10.0 Å². The molecule has 0 aromatic heterocycles. The third kappa shape index (κ3) is 4.40. The van der Waals surface area contributed by atoms with Crippen molar-refractivity contribution in [1.82, 2.24) is 4.72 Å². The minimum Gasteiger partial charge on any atom is -0.399 e. The van der Waals surface area contributed by atoms with Crippen LogP contribution in [-0.2, 0) is 15.8 Å². The molecule has 0 bridgehead atoms. The fraction of sp³-hybridized carbons (Fsp3) is 0.571. The summed E-state index contributed by atoms with van der Waals surface area (Å²) in [5, 5.41) is 0.413. The summed E-state index contributed by atoms with van der Waals surface area (Å²) in [6.45, 7) is 2.11. The van der Waals surface area contributed by atoms with Crippen LogP contribution in [0.3, 0.4) is 0 Å². The fourth-order valence-electron chi connectivity index (χ4n) is 2.65. The Morgan fingerprint density at radius 3 is 2.90 bits per heavy atom. The highest BCUT2D eigenvalue weighted by molar-refractivity contribution is 8.00. The van der Waals surface area contributed by atoms with Gasteiger partial charge in [0.15, 0.2) is 0 Å². The van der Waals surface area contributed by atoms with Crippen molar-refractivity contribution in [2.45, 2.75) is 43.2 Å². The quantitative estimate of drug-likeness (QED) is 0.791. The van der Waals surface area contributed by atoms with Gasteiger partial charge in [0.25, 0.3) is 0 Å². The van der Waals surface area contributed by atoms with Gasteiger partial charge in [0.05, 0.1) is 5.75 Å². The van der Waals surface area contributed by atoms with Gasteiger partial charge in [-0.3, -0.25) is 0 Å². The predicted molar refractivity (Wildman–Crippen MR) is 86.2 cm³/mol. The molecule has 0 aliphatic heterocycles. The molecule has 0 spiro atoms. The maximum absolute atomic E-state index is 12.3. The van der Waals surface area contributed by atoms with Gasteiger partial charge in [-0.15, -0.1) is 0 Å². The van der Waals surface area contributed by atoms with Gasteiger partial charge in [0, 0.05) is 17.0 Å². The van der Waals surface area contributed by atoms with Crippen molar-refractivity contribution < 1.29 is 8.42 Å². The second-order valence-electron chi connectivity index (χ2n) is 5.15. The number of nitrogens with one attached hydrogen (secondary N) is 1. The average molecular weight is 314 g/mol. The minimum atomic E-state index is -3.30. The van der Waals surface area contributed by atoms with Crippen LogP contribution >= 0.6 is 11.8 Å². The summed E-state index contributed by atoms with van der Waals surface area (Å²) in [5.74, 6) is 1.02. The van der Waals surface area contributed by atoms with E-state index in [2.05, 4.69) is 11.6 Å². The fourth-order valence-corrected chi connectivity index (χ4v) is 5.38. The maximum atomic E-state index is 12.3. The Balaban J connectivity index is 2.00. The van der Waals surface area contributed by atoms with Gasteiger partial charge in [-0.1, -0.05) is 25.5 Å². The van der Waals surface area contributed by atoms with Crippen LogP contribution in [0.1, 0.15) is 31.7 Å². The molecule has 20 heavy (non-hydrogen) atoms. The topological polar surface area (TPSA) is 72.2 Å². The molecule has 1 saturated carbocycles. The smallest absolute Gasteiger partial charge is 0.216 e. The van der Waals surface area contributed by atoms with Crippen LogP contribution in [0, 0.1) is 0 Å². The van der Waals surface area contributed by atoms with Gasteiger partial charge in [0.1, 0.15) is 0 Å². The summed E-state index contributed by atoms with van der Waals surface area (Å²) < 4.78 is 27.4. The lowest BCUT2D eigenvalue weighted by Crippen LogP contribution is -2.39. The molecule has 3 N–H and O–H groups in total. The largest absolute Gasteiger partial charge is 0.399 e. The molecule has 112 valence electrons. The lowest BCUT2D eigenvalue weighted by molar-refractivity contribution is 0.554. The zero-order chi connectivity index (χ0) is 14.6. The number of benzene rings is 1. The number of thioether (sulfide) groups is 1. The van der Waals surface area contributed by atoms with Gasteiger partial charge in [-0.25, -0.2) is 13.1 Å². The highest BCUT2D eigenvalue weighted by Crippen LogP contribution is 2.30. The Morgan fingerprint density at radius 2 is 2.20 bits per heavy atom. The van der Waals surface area contributed by atoms with Gasteiger partial charge < -0.3 is 5.73 Å². The molecule has 2 unspecified atom stereocenters. The first kappa shape index (κ1) is 15.7. The van der Waals surface area contributed by atoms with E-state index in [1.54, 1.807) is 24.3 Å². The molecule has 1 fully saturated rings. The van der Waals surface area contributed by atoms with Crippen LogP contribution in [0.2, 0.25) is 0 Å². The Labute approximate surface area is 125 Å². The second-order valence-corrected chi connectivity index (χ2v) is 8.42. The number of nitrogen functional groups attached to an aromatic ring is 1. The highest BCUT2D eigenvalue weighted by Gasteiger charge is 2.30. The molecule has 0 saturated heterocycles. The van der Waals surface area contributed by atoms with Crippen LogP contribution < -0.4 is 10.5 Å². The molecule has 0 amide bonds. The molecule has 1 aromatic rings. The van der Waals surface area contributed by atoms with Gasteiger partial charge in [0.2, 0.25) is 10.0 Å². The minimum absolute atomic E-state index is 0.00193. The summed E-state index contributed by atoms with van der Waals surface area (Å²) >= 11 is 1.85. The normalized spacial score (nSPS) is 23.1. The third-order valence-corrected chi connectivity index (χ3v) is 6.17. The molecule has 1 aliphatic rings. The molecule has 1 aliphatic carbocycles. The molecule has 6 heteroatoms. The summed E-state index contributed by atoms with van der Waals surface area (Å²) in [6.07, 6.45) is 3.14. The van der Waals surface area contributed by atoms with Crippen LogP contribution in [-0.4, -0.2) is 25.5 Å². The van der Waals surface area contributed by atoms with Crippen LogP contribution in [0.25, 0.3) is 0 Å². The van der Waals surface area contributed by atoms with E-state index >= 15 is 0 Å². The Kier molecular flexibility index (Phi) is 5.35. The first-order valence-corrected chi connectivity index (χ1v) is 9.66. The van der Waals surface area contributed by atoms with Gasteiger partial charge in [-0.2, -0.15) is 11.8 Å². The average Bonchev–Trinajstić information content (AvgIpc) is 2.75. The SMILES string of the molecule is CCSC1CCCC1NS(=O)(=O)Cc1cccc(N)c1. The van der Waals surface area contributed by atoms with Gasteiger partial charge in [-0.05, 0) is 36.3 Å². The summed E-state index contributed by atoms with van der Waals surface area (Å²) in [5.41, 5.74) is 7.01. The number of hydrogen-bond donors (Lipinski definition) is 2. The van der Waals surface area contributed by atoms with E-state index in [4.69, 9.17) is 5.73 Å². The lowest BCUT2D eigenvalue weighted by Gasteiger charge is -2.20. The van der Waals surface area contributed by atoms with Crippen molar-refractivity contribution in [2.75, 3.05) is 11.5 Å². The van der Waals surface area contributed by atoms with Crippen molar-refractivity contribution in [3.63, 3.8) is 0 Å². The number of sulfonamides is 1. The Morgan fingerprint density at radius 1 is 1.40 bits per heavy atom. The maximum Gasteiger partial charge on any atom is 0.216 e. The van der Waals surface area contributed by atoms with Crippen molar-refractivity contribution in [3.05, 3.63) is 29.8 Å². The van der Waals surface area contributed by atoms with E-state index in [0.717, 1.165) is 30.6 Å². The molecule has 0 radical (unpaired) electrons. The van der Waals surface area contributed by atoms with Crippen molar-refractivity contribution in [3.8, 4) is 0 Å². The summed E-state index contributed by atoms with van der Waals surface area (Å²) in [6, 6.07) is 7.13. The standard InChI is InChI=1S/C14H22N2O2S2/c1-2-19-14-8-4-7-13(14)16-20(17,18)10-11-5-3-6-12(15)9-11/h3,5-6,9,13-14,16H,2,4,7-8,10,15H2,1H3. The molecule has 1 aromatic carbocycles. The Hall–Kier alpha value is -0.720. The first-order valence-electron chi connectivity index (χ1n) is 6.96. The molecule has 0 heterocycles. The van der Waals surface area contributed by atoms with E-state index in [1.807, 2.05) is 11.8 Å². The van der Waals surface area contributed by atoms with Crippen LogP contribution in [0.4, 0.5) is 5.69 Å². The van der Waals surface area contributed by atoms with Crippen LogP contribution in [0.5, 0.6) is 0 Å². The molecule has 2 rings (SSSR count). The van der Waals surface area contributed by atoms with Crippen LogP contribution in [0.15, 0.2) is 24.3 Å². The number of hydrogen-bond acceptors (Lipinski definition) is 4. The number of rotatable bonds is 6. The third-order valence-electron chi connectivity index (χ3n) is 3.47. The molecule has 4 nitrogen and oxygen atoms in total. The van der Waals surface area contributed by atoms with E-state index in [9.17, 15) is 8.42 Å². The summed E-state index contributed by atoms with van der Waals surface area (Å²) in [7, 11) is -3.30. The number of anilines is 1. The zero-order valence-electron chi connectivity index (χ0n) is 11.7. The lowest BCUT2D eigenvalue weighted by atomic mass is 10.2. The van der Waals surface area contributed by atoms with Gasteiger partial charge >= 0.3 is 0 Å². The van der Waals surface area contributed by atoms with E-state index in [-0.39, 0.29) is 11.8 Å².